The predicted octanol–water partition coefficient (Wildman–Crippen LogP) is 2.81. The minimum absolute atomic E-state index is 0.117. The van der Waals surface area contributed by atoms with Crippen molar-refractivity contribution < 1.29 is 10.2 Å². The minimum atomic E-state index is -1.08. The van der Waals surface area contributed by atoms with Crippen LogP contribution in [0.2, 0.25) is 0 Å². The molecule has 1 rings (SSSR count). The Balaban J connectivity index is 3.02. The van der Waals surface area contributed by atoms with Crippen molar-refractivity contribution in [3.63, 3.8) is 0 Å². The van der Waals surface area contributed by atoms with Gasteiger partial charge in [0.15, 0.2) is 0 Å². The molecule has 0 spiro atoms. The fourth-order valence-corrected chi connectivity index (χ4v) is 2.35. The lowest BCUT2D eigenvalue weighted by molar-refractivity contribution is -0.0432. The molecule has 16 heavy (non-hydrogen) atoms. The number of allylic oxidation sites excluding steroid dienone is 2. The summed E-state index contributed by atoms with van der Waals surface area (Å²) in [6, 6.07) is 0. The summed E-state index contributed by atoms with van der Waals surface area (Å²) in [5.41, 5.74) is -0.263. The number of hydrogen-bond donors (Lipinski definition) is 2. The van der Waals surface area contributed by atoms with Crippen molar-refractivity contribution >= 4 is 0 Å². The van der Waals surface area contributed by atoms with E-state index in [1.54, 1.807) is 6.08 Å². The van der Waals surface area contributed by atoms with Crippen molar-refractivity contribution in [1.29, 1.82) is 0 Å². The summed E-state index contributed by atoms with van der Waals surface area (Å²) >= 11 is 0. The van der Waals surface area contributed by atoms with Crippen LogP contribution in [0.3, 0.4) is 0 Å². The van der Waals surface area contributed by atoms with Crippen LogP contribution >= 0.6 is 0 Å². The van der Waals surface area contributed by atoms with Gasteiger partial charge in [0.2, 0.25) is 0 Å². The Morgan fingerprint density at radius 2 is 2.00 bits per heavy atom. The maximum absolute atomic E-state index is 10.7. The van der Waals surface area contributed by atoms with E-state index in [1.165, 1.54) is 0 Å². The molecule has 1 aliphatic rings. The normalized spacial score (nSPS) is 30.4. The van der Waals surface area contributed by atoms with E-state index in [-0.39, 0.29) is 5.41 Å². The van der Waals surface area contributed by atoms with E-state index in [0.717, 1.165) is 18.4 Å². The summed E-state index contributed by atoms with van der Waals surface area (Å²) in [4.78, 5) is 0. The van der Waals surface area contributed by atoms with Gasteiger partial charge in [0.25, 0.3) is 0 Å². The average molecular weight is 224 g/mol. The first-order valence-electron chi connectivity index (χ1n) is 6.12. The summed E-state index contributed by atoms with van der Waals surface area (Å²) in [5.74, 6) is 0. The van der Waals surface area contributed by atoms with Crippen LogP contribution < -0.4 is 0 Å². The van der Waals surface area contributed by atoms with Gasteiger partial charge in [-0.1, -0.05) is 58.8 Å². The van der Waals surface area contributed by atoms with Gasteiger partial charge in [-0.15, -0.1) is 0 Å². The van der Waals surface area contributed by atoms with Crippen LogP contribution in [0.4, 0.5) is 0 Å². The Kier molecular flexibility index (Phi) is 3.97. The van der Waals surface area contributed by atoms with E-state index in [9.17, 15) is 10.2 Å². The number of hydrogen-bond acceptors (Lipinski definition) is 2. The fourth-order valence-electron chi connectivity index (χ4n) is 2.35. The van der Waals surface area contributed by atoms with Gasteiger partial charge in [-0.3, -0.25) is 0 Å². The molecule has 2 nitrogen and oxygen atoms in total. The molecule has 0 saturated heterocycles. The molecule has 1 aliphatic carbocycles. The third kappa shape index (κ3) is 2.55. The Morgan fingerprint density at radius 1 is 1.38 bits per heavy atom. The van der Waals surface area contributed by atoms with Crippen LogP contribution in [-0.4, -0.2) is 21.9 Å². The first-order valence-corrected chi connectivity index (χ1v) is 6.12. The third-order valence-corrected chi connectivity index (χ3v) is 3.23. The molecule has 0 aromatic heterocycles. The second kappa shape index (κ2) is 4.72. The summed E-state index contributed by atoms with van der Waals surface area (Å²) in [7, 11) is 0. The molecule has 0 saturated carbocycles. The Hall–Kier alpha value is -0.600. The molecule has 2 heteroatoms. The van der Waals surface area contributed by atoms with E-state index < -0.39 is 11.7 Å². The average Bonchev–Trinajstić information content (AvgIpc) is 2.17. The molecule has 92 valence electrons. The van der Waals surface area contributed by atoms with E-state index in [0.29, 0.717) is 6.42 Å². The lowest BCUT2D eigenvalue weighted by Crippen LogP contribution is -2.47. The van der Waals surface area contributed by atoms with Gasteiger partial charge in [0.05, 0.1) is 0 Å². The minimum Gasteiger partial charge on any atom is -0.386 e. The Labute approximate surface area is 98.7 Å². The van der Waals surface area contributed by atoms with Crippen LogP contribution in [0.15, 0.2) is 23.8 Å². The molecule has 0 heterocycles. The highest BCUT2D eigenvalue weighted by Crippen LogP contribution is 2.41. The quantitative estimate of drug-likeness (QED) is 0.774. The van der Waals surface area contributed by atoms with E-state index in [4.69, 9.17) is 0 Å². The molecular formula is C14H24O2. The standard InChI is InChI=1S/C14H24O2/c1-5-6-10-14(16)11(13(2,3)4)8-7-9-12(14)15/h7-9,12,15-16H,5-6,10H2,1-4H3. The number of aliphatic hydroxyl groups is 2. The zero-order valence-electron chi connectivity index (χ0n) is 10.8. The van der Waals surface area contributed by atoms with Gasteiger partial charge in [-0.05, 0) is 17.4 Å². The molecule has 0 amide bonds. The first-order chi connectivity index (χ1) is 7.32. The number of rotatable bonds is 3. The molecule has 0 aliphatic heterocycles. The van der Waals surface area contributed by atoms with Crippen LogP contribution in [0.25, 0.3) is 0 Å². The first kappa shape index (κ1) is 13.5. The van der Waals surface area contributed by atoms with Crippen molar-refractivity contribution in [2.45, 2.75) is 58.7 Å². The van der Waals surface area contributed by atoms with E-state index >= 15 is 0 Å². The van der Waals surface area contributed by atoms with Crippen LogP contribution in [0, 0.1) is 5.41 Å². The van der Waals surface area contributed by atoms with Crippen LogP contribution in [0.1, 0.15) is 47.0 Å². The van der Waals surface area contributed by atoms with Crippen molar-refractivity contribution in [1.82, 2.24) is 0 Å². The predicted molar refractivity (Wildman–Crippen MR) is 67.2 cm³/mol. The largest absolute Gasteiger partial charge is 0.386 e. The number of unbranched alkanes of at least 4 members (excludes halogenated alkanes) is 1. The zero-order valence-corrected chi connectivity index (χ0v) is 10.8. The molecular weight excluding hydrogens is 200 g/mol. The van der Waals surface area contributed by atoms with Gasteiger partial charge >= 0.3 is 0 Å². The van der Waals surface area contributed by atoms with E-state index in [2.05, 4.69) is 27.7 Å². The molecule has 2 N–H and O–H groups in total. The van der Waals surface area contributed by atoms with Gasteiger partial charge in [0, 0.05) is 0 Å². The molecule has 0 radical (unpaired) electrons. The molecule has 2 unspecified atom stereocenters. The van der Waals surface area contributed by atoms with Crippen LogP contribution in [-0.2, 0) is 0 Å². The Bertz CT molecular complexity index is 296. The molecule has 0 fully saturated rings. The van der Waals surface area contributed by atoms with Crippen molar-refractivity contribution in [3.05, 3.63) is 23.8 Å². The monoisotopic (exact) mass is 224 g/mol. The summed E-state index contributed by atoms with van der Waals surface area (Å²) < 4.78 is 0. The molecule has 0 aromatic carbocycles. The summed E-state index contributed by atoms with van der Waals surface area (Å²) in [5, 5.41) is 20.7. The maximum atomic E-state index is 10.7. The third-order valence-electron chi connectivity index (χ3n) is 3.23. The highest BCUT2D eigenvalue weighted by Gasteiger charge is 2.43. The van der Waals surface area contributed by atoms with Gasteiger partial charge in [-0.2, -0.15) is 0 Å². The highest BCUT2D eigenvalue weighted by molar-refractivity contribution is 5.35. The number of aliphatic hydroxyl groups excluding tert-OH is 1. The summed E-state index contributed by atoms with van der Waals surface area (Å²) in [6.45, 7) is 8.31. The summed E-state index contributed by atoms with van der Waals surface area (Å²) in [6.07, 6.45) is 7.25. The highest BCUT2D eigenvalue weighted by atomic mass is 16.3. The van der Waals surface area contributed by atoms with Gasteiger partial charge < -0.3 is 10.2 Å². The molecule has 0 aromatic rings. The molecule has 2 atom stereocenters. The zero-order chi connectivity index (χ0) is 12.4. The van der Waals surface area contributed by atoms with Gasteiger partial charge in [-0.25, -0.2) is 0 Å². The second-order valence-corrected chi connectivity index (χ2v) is 5.69. The SMILES string of the molecule is CCCCC1(O)C(C(C)(C)C)=CC=CC1O. The smallest absolute Gasteiger partial charge is 0.116 e. The van der Waals surface area contributed by atoms with Crippen LogP contribution in [0.5, 0.6) is 0 Å². The second-order valence-electron chi connectivity index (χ2n) is 5.69. The fraction of sp³-hybridized carbons (Fsp3) is 0.714. The lowest BCUT2D eigenvalue weighted by Gasteiger charge is -2.42. The maximum Gasteiger partial charge on any atom is 0.116 e. The Morgan fingerprint density at radius 3 is 2.50 bits per heavy atom. The van der Waals surface area contributed by atoms with Crippen molar-refractivity contribution in [3.8, 4) is 0 Å². The van der Waals surface area contributed by atoms with E-state index in [1.807, 2.05) is 12.2 Å². The molecule has 0 bridgehead atoms. The topological polar surface area (TPSA) is 40.5 Å². The van der Waals surface area contributed by atoms with Crippen molar-refractivity contribution in [2.75, 3.05) is 0 Å². The van der Waals surface area contributed by atoms with Gasteiger partial charge in [0.1, 0.15) is 11.7 Å². The van der Waals surface area contributed by atoms with Crippen molar-refractivity contribution in [2.24, 2.45) is 5.41 Å². The lowest BCUT2D eigenvalue weighted by atomic mass is 9.69.